The molecule has 0 unspecified atom stereocenters. The van der Waals surface area contributed by atoms with Gasteiger partial charge in [0.2, 0.25) is 10.0 Å². The molecule has 0 heterocycles. The predicted octanol–water partition coefficient (Wildman–Crippen LogP) is -0.420. The third kappa shape index (κ3) is 3.27. The Kier molecular flexibility index (Phi) is 4.43. The van der Waals surface area contributed by atoms with Gasteiger partial charge in [-0.05, 0) is 25.1 Å². The van der Waals surface area contributed by atoms with Crippen LogP contribution in [0.25, 0.3) is 0 Å². The lowest BCUT2D eigenvalue weighted by Gasteiger charge is -2.25. The van der Waals surface area contributed by atoms with Crippen molar-refractivity contribution in [2.45, 2.75) is 17.4 Å². The summed E-state index contributed by atoms with van der Waals surface area (Å²) in [6, 6.07) is 7.32. The maximum absolute atomic E-state index is 12.0. The van der Waals surface area contributed by atoms with E-state index in [0.717, 1.165) is 0 Å². The standard InChI is InChI=1S/C11H14N2O4S/c1-11(7-14,8-15)13-18(16,17)10-4-2-3-9(5-10)6-12/h2-5,13-15H,7-8H2,1H3. The lowest BCUT2D eigenvalue weighted by atomic mass is 10.1. The minimum absolute atomic E-state index is 0.0883. The Hall–Kier alpha value is -1.46. The monoisotopic (exact) mass is 270 g/mol. The van der Waals surface area contributed by atoms with Gasteiger partial charge in [-0.2, -0.15) is 5.26 Å². The van der Waals surface area contributed by atoms with Gasteiger partial charge in [-0.1, -0.05) is 6.07 Å². The molecular weight excluding hydrogens is 256 g/mol. The Morgan fingerprint density at radius 1 is 1.39 bits per heavy atom. The lowest BCUT2D eigenvalue weighted by Crippen LogP contribution is -2.51. The molecule has 1 rings (SSSR count). The van der Waals surface area contributed by atoms with Crippen molar-refractivity contribution in [2.75, 3.05) is 13.2 Å². The molecule has 6 nitrogen and oxygen atoms in total. The molecule has 3 N–H and O–H groups in total. The summed E-state index contributed by atoms with van der Waals surface area (Å²) >= 11 is 0. The van der Waals surface area contributed by atoms with Gasteiger partial charge >= 0.3 is 0 Å². The maximum atomic E-state index is 12.0. The Labute approximate surface area is 106 Å². The highest BCUT2D eigenvalue weighted by Crippen LogP contribution is 2.14. The van der Waals surface area contributed by atoms with E-state index >= 15 is 0 Å². The van der Waals surface area contributed by atoms with E-state index in [1.54, 1.807) is 0 Å². The molecule has 98 valence electrons. The number of aliphatic hydroxyl groups excluding tert-OH is 2. The fraction of sp³-hybridized carbons (Fsp3) is 0.364. The highest BCUT2D eigenvalue weighted by molar-refractivity contribution is 7.89. The largest absolute Gasteiger partial charge is 0.394 e. The van der Waals surface area contributed by atoms with E-state index in [9.17, 15) is 8.42 Å². The normalized spacial score (nSPS) is 12.1. The predicted molar refractivity (Wildman–Crippen MR) is 64.1 cm³/mol. The van der Waals surface area contributed by atoms with Gasteiger partial charge in [-0.25, -0.2) is 13.1 Å². The van der Waals surface area contributed by atoms with Gasteiger partial charge < -0.3 is 10.2 Å². The first-order valence-corrected chi connectivity index (χ1v) is 6.61. The Balaban J connectivity index is 3.11. The van der Waals surface area contributed by atoms with Crippen LogP contribution in [0.5, 0.6) is 0 Å². The van der Waals surface area contributed by atoms with Crippen molar-refractivity contribution in [3.05, 3.63) is 29.8 Å². The Bertz CT molecular complexity index is 559. The molecule has 0 amide bonds. The second kappa shape index (κ2) is 5.46. The molecule has 0 saturated carbocycles. The zero-order valence-corrected chi connectivity index (χ0v) is 10.6. The van der Waals surface area contributed by atoms with E-state index in [1.165, 1.54) is 31.2 Å². The van der Waals surface area contributed by atoms with Crippen LogP contribution in [-0.4, -0.2) is 37.4 Å². The van der Waals surface area contributed by atoms with Crippen molar-refractivity contribution in [3.8, 4) is 6.07 Å². The molecule has 0 saturated heterocycles. The van der Waals surface area contributed by atoms with Gasteiger partial charge in [0.15, 0.2) is 0 Å². The van der Waals surface area contributed by atoms with Gasteiger partial charge in [-0.3, -0.25) is 0 Å². The summed E-state index contributed by atoms with van der Waals surface area (Å²) in [5.41, 5.74) is -1.13. The number of hydrogen-bond acceptors (Lipinski definition) is 5. The first-order valence-electron chi connectivity index (χ1n) is 5.13. The molecular formula is C11H14N2O4S. The van der Waals surface area contributed by atoms with E-state index in [2.05, 4.69) is 4.72 Å². The molecule has 0 fully saturated rings. The summed E-state index contributed by atoms with van der Waals surface area (Å²) in [4.78, 5) is -0.0883. The summed E-state index contributed by atoms with van der Waals surface area (Å²) < 4.78 is 26.2. The summed E-state index contributed by atoms with van der Waals surface area (Å²) in [7, 11) is -3.90. The second-order valence-corrected chi connectivity index (χ2v) is 5.80. The average molecular weight is 270 g/mol. The first kappa shape index (κ1) is 14.6. The smallest absolute Gasteiger partial charge is 0.241 e. The topological polar surface area (TPSA) is 110 Å². The second-order valence-electron chi connectivity index (χ2n) is 4.12. The zero-order valence-electron chi connectivity index (χ0n) is 9.79. The fourth-order valence-electron chi connectivity index (χ4n) is 1.23. The summed E-state index contributed by atoms with van der Waals surface area (Å²) in [5, 5.41) is 26.8. The van der Waals surface area contributed by atoms with Gasteiger partial charge in [0.25, 0.3) is 0 Å². The van der Waals surface area contributed by atoms with Crippen LogP contribution in [0.15, 0.2) is 29.2 Å². The first-order chi connectivity index (χ1) is 8.37. The third-order valence-electron chi connectivity index (χ3n) is 2.35. The van der Waals surface area contributed by atoms with Crippen LogP contribution in [0.1, 0.15) is 12.5 Å². The van der Waals surface area contributed by atoms with Crippen LogP contribution in [0.2, 0.25) is 0 Å². The van der Waals surface area contributed by atoms with Crippen molar-refractivity contribution in [1.29, 1.82) is 5.26 Å². The average Bonchev–Trinajstić information content (AvgIpc) is 2.38. The number of nitrogens with one attached hydrogen (secondary N) is 1. The van der Waals surface area contributed by atoms with E-state index in [1.807, 2.05) is 6.07 Å². The van der Waals surface area contributed by atoms with E-state index < -0.39 is 28.8 Å². The number of rotatable bonds is 5. The summed E-state index contributed by atoms with van der Waals surface area (Å²) in [6.07, 6.45) is 0. The molecule has 1 aromatic carbocycles. The van der Waals surface area contributed by atoms with Crippen LogP contribution < -0.4 is 4.72 Å². The molecule has 0 atom stereocenters. The SMILES string of the molecule is CC(CO)(CO)NS(=O)(=O)c1cccc(C#N)c1. The summed E-state index contributed by atoms with van der Waals surface area (Å²) in [5.74, 6) is 0. The van der Waals surface area contributed by atoms with E-state index in [0.29, 0.717) is 0 Å². The third-order valence-corrected chi connectivity index (χ3v) is 3.99. The van der Waals surface area contributed by atoms with Crippen LogP contribution in [0.4, 0.5) is 0 Å². The van der Waals surface area contributed by atoms with Crippen molar-refractivity contribution < 1.29 is 18.6 Å². The number of hydrogen-bond donors (Lipinski definition) is 3. The molecule has 0 radical (unpaired) electrons. The molecule has 7 heteroatoms. The van der Waals surface area contributed by atoms with Crippen LogP contribution in [-0.2, 0) is 10.0 Å². The van der Waals surface area contributed by atoms with E-state index in [-0.39, 0.29) is 10.5 Å². The highest BCUT2D eigenvalue weighted by Gasteiger charge is 2.29. The van der Waals surface area contributed by atoms with Gasteiger partial charge in [-0.15, -0.1) is 0 Å². The van der Waals surface area contributed by atoms with E-state index in [4.69, 9.17) is 15.5 Å². The number of benzene rings is 1. The molecule has 0 aliphatic rings. The number of aliphatic hydroxyl groups is 2. The van der Waals surface area contributed by atoms with Crippen molar-refractivity contribution in [1.82, 2.24) is 4.72 Å². The molecule has 0 spiro atoms. The Morgan fingerprint density at radius 2 is 2.00 bits per heavy atom. The minimum Gasteiger partial charge on any atom is -0.394 e. The summed E-state index contributed by atoms with van der Waals surface area (Å²) in [6.45, 7) is 0.292. The molecule has 1 aromatic rings. The zero-order chi connectivity index (χ0) is 13.8. The van der Waals surface area contributed by atoms with Gasteiger partial charge in [0.1, 0.15) is 0 Å². The van der Waals surface area contributed by atoms with Gasteiger partial charge in [0.05, 0.1) is 35.3 Å². The fourth-order valence-corrected chi connectivity index (χ4v) is 2.67. The number of sulfonamides is 1. The number of nitrogens with zero attached hydrogens (tertiary/aromatic N) is 1. The molecule has 18 heavy (non-hydrogen) atoms. The minimum atomic E-state index is -3.90. The molecule has 0 bridgehead atoms. The maximum Gasteiger partial charge on any atom is 0.241 e. The van der Waals surface area contributed by atoms with Crippen molar-refractivity contribution in [2.24, 2.45) is 0 Å². The van der Waals surface area contributed by atoms with Gasteiger partial charge in [0, 0.05) is 0 Å². The van der Waals surface area contributed by atoms with Crippen LogP contribution in [0.3, 0.4) is 0 Å². The Morgan fingerprint density at radius 3 is 2.50 bits per heavy atom. The molecule has 0 aliphatic carbocycles. The van der Waals surface area contributed by atoms with Crippen molar-refractivity contribution in [3.63, 3.8) is 0 Å². The molecule has 0 aliphatic heterocycles. The van der Waals surface area contributed by atoms with Crippen LogP contribution in [0, 0.1) is 11.3 Å². The quantitative estimate of drug-likeness (QED) is 0.673. The van der Waals surface area contributed by atoms with Crippen LogP contribution >= 0.6 is 0 Å². The lowest BCUT2D eigenvalue weighted by molar-refractivity contribution is 0.122. The highest BCUT2D eigenvalue weighted by atomic mass is 32.2. The van der Waals surface area contributed by atoms with Crippen molar-refractivity contribution >= 4 is 10.0 Å². The molecule has 0 aromatic heterocycles. The number of nitriles is 1.